The van der Waals surface area contributed by atoms with Gasteiger partial charge in [0.05, 0.1) is 16.6 Å². The number of nitrogens with zero attached hydrogens (tertiary/aromatic N) is 1. The molecule has 0 radical (unpaired) electrons. The third-order valence-corrected chi connectivity index (χ3v) is 3.12. The van der Waals surface area contributed by atoms with Crippen molar-refractivity contribution >= 4 is 17.0 Å². The summed E-state index contributed by atoms with van der Waals surface area (Å²) < 4.78 is 27.0. The Kier molecular flexibility index (Phi) is 2.94. The monoisotopic (exact) mass is 288 g/mol. The number of aromatic amines is 1. The molecule has 0 fully saturated rings. The molecule has 0 amide bonds. The molecule has 3 aromatic rings. The average Bonchev–Trinajstić information content (AvgIpc) is 2.79. The lowest BCUT2D eigenvalue weighted by molar-refractivity contribution is 0.0692. The van der Waals surface area contributed by atoms with E-state index >= 15 is 0 Å². The smallest absolute Gasteiger partial charge is 0.338 e. The van der Waals surface area contributed by atoms with Crippen LogP contribution in [-0.2, 0) is 0 Å². The SMILES string of the molecule is Cc1cc(F)cc(-c2nc3cc(C(=O)O)c(F)cc3[nH]2)c1. The topological polar surface area (TPSA) is 66.0 Å². The minimum absolute atomic E-state index is 0.311. The van der Waals surface area contributed by atoms with Gasteiger partial charge in [-0.25, -0.2) is 18.6 Å². The Hall–Kier alpha value is -2.76. The number of aromatic carboxylic acids is 1. The molecule has 0 saturated carbocycles. The fraction of sp³-hybridized carbons (Fsp3) is 0.0667. The molecule has 1 aromatic heterocycles. The number of rotatable bonds is 2. The molecule has 2 N–H and O–H groups in total. The molecule has 0 aliphatic heterocycles. The zero-order valence-corrected chi connectivity index (χ0v) is 10.9. The first-order valence-corrected chi connectivity index (χ1v) is 6.14. The highest BCUT2D eigenvalue weighted by atomic mass is 19.1. The zero-order valence-electron chi connectivity index (χ0n) is 10.9. The normalized spacial score (nSPS) is 11.0. The molecule has 0 unspecified atom stereocenters. The number of benzene rings is 2. The molecule has 0 atom stereocenters. The summed E-state index contributed by atoms with van der Waals surface area (Å²) in [5, 5.41) is 8.89. The van der Waals surface area contributed by atoms with Gasteiger partial charge in [-0.3, -0.25) is 0 Å². The van der Waals surface area contributed by atoms with E-state index in [0.29, 0.717) is 22.4 Å². The average molecular weight is 288 g/mol. The molecule has 0 aliphatic rings. The number of aromatic nitrogens is 2. The number of halogens is 2. The van der Waals surface area contributed by atoms with Gasteiger partial charge in [-0.15, -0.1) is 0 Å². The molecular formula is C15H10F2N2O2. The van der Waals surface area contributed by atoms with Crippen LogP contribution in [0.4, 0.5) is 8.78 Å². The first-order valence-electron chi connectivity index (χ1n) is 6.14. The minimum Gasteiger partial charge on any atom is -0.478 e. The Labute approximate surface area is 118 Å². The fourth-order valence-corrected chi connectivity index (χ4v) is 2.20. The Morgan fingerprint density at radius 2 is 1.95 bits per heavy atom. The van der Waals surface area contributed by atoms with Crippen LogP contribution in [0.3, 0.4) is 0 Å². The number of carboxylic acids is 1. The van der Waals surface area contributed by atoms with Crippen molar-refractivity contribution in [3.8, 4) is 11.4 Å². The van der Waals surface area contributed by atoms with Crippen LogP contribution in [0.2, 0.25) is 0 Å². The molecule has 1 heterocycles. The van der Waals surface area contributed by atoms with Crippen molar-refractivity contribution in [1.82, 2.24) is 9.97 Å². The van der Waals surface area contributed by atoms with E-state index in [4.69, 9.17) is 5.11 Å². The molecule has 0 aliphatic carbocycles. The third kappa shape index (κ3) is 2.35. The van der Waals surface area contributed by atoms with Crippen LogP contribution >= 0.6 is 0 Å². The Morgan fingerprint density at radius 1 is 1.19 bits per heavy atom. The lowest BCUT2D eigenvalue weighted by Gasteiger charge is -1.99. The maximum atomic E-state index is 13.6. The summed E-state index contributed by atoms with van der Waals surface area (Å²) in [4.78, 5) is 18.0. The lowest BCUT2D eigenvalue weighted by Crippen LogP contribution is -1.99. The van der Waals surface area contributed by atoms with Crippen LogP contribution in [0.15, 0.2) is 30.3 Å². The van der Waals surface area contributed by atoms with E-state index in [1.54, 1.807) is 13.0 Å². The lowest BCUT2D eigenvalue weighted by atomic mass is 10.1. The first kappa shape index (κ1) is 13.2. The van der Waals surface area contributed by atoms with Crippen LogP contribution in [0.5, 0.6) is 0 Å². The molecular weight excluding hydrogens is 278 g/mol. The Morgan fingerprint density at radius 3 is 2.62 bits per heavy atom. The Bertz CT molecular complexity index is 851. The molecule has 4 nitrogen and oxygen atoms in total. The summed E-state index contributed by atoms with van der Waals surface area (Å²) in [6.07, 6.45) is 0. The van der Waals surface area contributed by atoms with Gasteiger partial charge < -0.3 is 10.1 Å². The number of hydrogen-bond donors (Lipinski definition) is 2. The van der Waals surface area contributed by atoms with Crippen molar-refractivity contribution < 1.29 is 18.7 Å². The van der Waals surface area contributed by atoms with Gasteiger partial charge in [-0.2, -0.15) is 0 Å². The third-order valence-electron chi connectivity index (χ3n) is 3.12. The van der Waals surface area contributed by atoms with Crippen molar-refractivity contribution in [3.05, 3.63) is 53.1 Å². The van der Waals surface area contributed by atoms with Gasteiger partial charge in [0.15, 0.2) is 0 Å². The number of fused-ring (bicyclic) bond motifs is 1. The highest BCUT2D eigenvalue weighted by Crippen LogP contribution is 2.24. The number of carboxylic acid groups (broad SMARTS) is 1. The molecule has 106 valence electrons. The molecule has 2 aromatic carbocycles. The zero-order chi connectivity index (χ0) is 15.1. The Balaban J connectivity index is 2.19. The summed E-state index contributed by atoms with van der Waals surface area (Å²) in [6.45, 7) is 1.75. The van der Waals surface area contributed by atoms with E-state index < -0.39 is 23.2 Å². The summed E-state index contributed by atoms with van der Waals surface area (Å²) in [7, 11) is 0. The molecule has 0 bridgehead atoms. The molecule has 3 rings (SSSR count). The van der Waals surface area contributed by atoms with Crippen molar-refractivity contribution in [3.63, 3.8) is 0 Å². The highest BCUT2D eigenvalue weighted by molar-refractivity contribution is 5.93. The van der Waals surface area contributed by atoms with E-state index in [0.717, 1.165) is 17.7 Å². The number of H-pyrrole nitrogens is 1. The van der Waals surface area contributed by atoms with Gasteiger partial charge in [0, 0.05) is 11.6 Å². The number of nitrogens with one attached hydrogen (secondary N) is 1. The van der Waals surface area contributed by atoms with Gasteiger partial charge >= 0.3 is 5.97 Å². The van der Waals surface area contributed by atoms with Crippen molar-refractivity contribution in [2.45, 2.75) is 6.92 Å². The van der Waals surface area contributed by atoms with E-state index in [2.05, 4.69) is 9.97 Å². The van der Waals surface area contributed by atoms with Crippen LogP contribution in [0.25, 0.3) is 22.4 Å². The largest absolute Gasteiger partial charge is 0.478 e. The summed E-state index contributed by atoms with van der Waals surface area (Å²) in [6, 6.07) is 6.64. The number of aryl methyl sites for hydroxylation is 1. The van der Waals surface area contributed by atoms with E-state index in [-0.39, 0.29) is 0 Å². The summed E-state index contributed by atoms with van der Waals surface area (Å²) in [5.74, 6) is -2.25. The summed E-state index contributed by atoms with van der Waals surface area (Å²) in [5.41, 5.74) is 1.46. The standard InChI is InChI=1S/C15H10F2N2O2/c1-7-2-8(4-9(16)3-7)14-18-12-5-10(15(20)21)11(17)6-13(12)19-14/h2-6H,1H3,(H,18,19)(H,20,21). The maximum absolute atomic E-state index is 13.6. The predicted octanol–water partition coefficient (Wildman–Crippen LogP) is 3.51. The van der Waals surface area contributed by atoms with Crippen molar-refractivity contribution in [2.75, 3.05) is 0 Å². The van der Waals surface area contributed by atoms with Crippen LogP contribution < -0.4 is 0 Å². The highest BCUT2D eigenvalue weighted by Gasteiger charge is 2.15. The molecule has 21 heavy (non-hydrogen) atoms. The summed E-state index contributed by atoms with van der Waals surface area (Å²) >= 11 is 0. The second kappa shape index (κ2) is 4.66. The molecule has 6 heteroatoms. The quantitative estimate of drug-likeness (QED) is 0.758. The number of carbonyl (C=O) groups is 1. The van der Waals surface area contributed by atoms with Crippen molar-refractivity contribution in [2.24, 2.45) is 0 Å². The first-order chi connectivity index (χ1) is 9.94. The molecule has 0 spiro atoms. The van der Waals surface area contributed by atoms with Gasteiger partial charge in [-0.05, 0) is 36.8 Å². The van der Waals surface area contributed by atoms with Crippen LogP contribution in [-0.4, -0.2) is 21.0 Å². The second-order valence-electron chi connectivity index (χ2n) is 4.76. The van der Waals surface area contributed by atoms with E-state index in [9.17, 15) is 13.6 Å². The van der Waals surface area contributed by atoms with Crippen LogP contribution in [0.1, 0.15) is 15.9 Å². The minimum atomic E-state index is -1.36. The van der Waals surface area contributed by atoms with E-state index in [1.165, 1.54) is 12.1 Å². The van der Waals surface area contributed by atoms with Gasteiger partial charge in [-0.1, -0.05) is 0 Å². The number of hydrogen-bond acceptors (Lipinski definition) is 2. The maximum Gasteiger partial charge on any atom is 0.338 e. The van der Waals surface area contributed by atoms with E-state index in [1.807, 2.05) is 0 Å². The van der Waals surface area contributed by atoms with Gasteiger partial charge in [0.1, 0.15) is 17.5 Å². The van der Waals surface area contributed by atoms with Gasteiger partial charge in [0.2, 0.25) is 0 Å². The number of imidazole rings is 1. The van der Waals surface area contributed by atoms with Crippen molar-refractivity contribution in [1.29, 1.82) is 0 Å². The second-order valence-corrected chi connectivity index (χ2v) is 4.76. The van der Waals surface area contributed by atoms with Gasteiger partial charge in [0.25, 0.3) is 0 Å². The fourth-order valence-electron chi connectivity index (χ4n) is 2.20. The predicted molar refractivity (Wildman–Crippen MR) is 73.1 cm³/mol. The molecule has 0 saturated heterocycles. The van der Waals surface area contributed by atoms with Crippen LogP contribution in [0, 0.1) is 18.6 Å².